The van der Waals surface area contributed by atoms with Gasteiger partial charge in [0.25, 0.3) is 5.91 Å². The van der Waals surface area contributed by atoms with Gasteiger partial charge in [0.2, 0.25) is 0 Å². The molecule has 0 spiro atoms. The summed E-state index contributed by atoms with van der Waals surface area (Å²) in [4.78, 5) is 20.1. The van der Waals surface area contributed by atoms with Gasteiger partial charge in [0.15, 0.2) is 0 Å². The van der Waals surface area contributed by atoms with E-state index in [1.54, 1.807) is 17.2 Å². The molecule has 0 unspecified atom stereocenters. The molecule has 1 N–H and O–H groups in total. The number of anilines is 1. The van der Waals surface area contributed by atoms with Crippen molar-refractivity contribution in [3.63, 3.8) is 0 Å². The van der Waals surface area contributed by atoms with Crippen molar-refractivity contribution < 1.29 is 13.3 Å². The average Bonchev–Trinajstić information content (AvgIpc) is 3.36. The summed E-state index contributed by atoms with van der Waals surface area (Å²) in [7, 11) is 0. The summed E-state index contributed by atoms with van der Waals surface area (Å²) in [5.74, 6) is -0.676. The Bertz CT molecular complexity index is 1430. The smallest absolute Gasteiger partial charge is 0.262 e. The topological polar surface area (TPSA) is 71.0 Å². The number of benzene rings is 2. The van der Waals surface area contributed by atoms with Crippen LogP contribution in [0.15, 0.2) is 48.7 Å². The summed E-state index contributed by atoms with van der Waals surface area (Å²) in [6.07, 6.45) is 3.33. The van der Waals surface area contributed by atoms with Gasteiger partial charge in [0.05, 0.1) is 11.6 Å². The largest absolute Gasteiger partial charge is 0.315 e. The minimum Gasteiger partial charge on any atom is -0.315 e. The van der Waals surface area contributed by atoms with Crippen LogP contribution in [0.2, 0.25) is 0 Å². The zero-order valence-corrected chi connectivity index (χ0v) is 18.8. The second-order valence-corrected chi connectivity index (χ2v) is 9.07. The first-order valence-electron chi connectivity index (χ1n) is 12.3. The number of rotatable bonds is 4. The number of hydrogen-bond donors (Lipinski definition) is 1. The van der Waals surface area contributed by atoms with Crippen LogP contribution in [0.4, 0.5) is 10.2 Å². The normalized spacial score (nSPS) is 17.9. The number of hydrogen-bond acceptors (Lipinski definition) is 6. The maximum Gasteiger partial charge on any atom is 0.262 e. The molecule has 1 saturated heterocycles. The average molecular weight is 465 g/mol. The Morgan fingerprint density at radius 2 is 2.18 bits per heavy atom. The number of piperidine rings is 1. The Kier molecular flexibility index (Phi) is 4.95. The van der Waals surface area contributed by atoms with E-state index in [-0.39, 0.29) is 21.6 Å². The van der Waals surface area contributed by atoms with Gasteiger partial charge in [-0.15, -0.1) is 10.2 Å². The summed E-state index contributed by atoms with van der Waals surface area (Å²) in [5, 5.41) is 12.9. The molecule has 8 heteroatoms. The number of nitrogens with one attached hydrogen (secondary N) is 1. The number of carbonyl (C=O) groups is 1. The van der Waals surface area contributed by atoms with Crippen molar-refractivity contribution in [1.82, 2.24) is 20.5 Å². The van der Waals surface area contributed by atoms with Crippen LogP contribution in [-0.2, 0) is 0 Å². The molecular weight excluding hydrogens is 437 g/mol. The first kappa shape index (κ1) is 18.2. The number of aryl methyl sites for hydroxylation is 2. The van der Waals surface area contributed by atoms with E-state index in [2.05, 4.69) is 20.5 Å². The minimum absolute atomic E-state index is 0.0859. The number of fused-ring (bicyclic) bond motifs is 1. The van der Waals surface area contributed by atoms with E-state index in [4.69, 9.17) is 4.11 Å². The lowest BCUT2D eigenvalue weighted by molar-refractivity contribution is 0.0968. The molecule has 1 amide bonds. The Balaban J connectivity index is 1.56. The van der Waals surface area contributed by atoms with Crippen molar-refractivity contribution in [2.24, 2.45) is 0 Å². The molecule has 2 aromatic heterocycles. The zero-order chi connectivity index (χ0) is 25.4. The molecule has 4 aromatic rings. The molecule has 0 bridgehead atoms. The van der Waals surface area contributed by atoms with E-state index in [0.717, 1.165) is 47.1 Å². The number of halogens is 1. The second-order valence-electron chi connectivity index (χ2n) is 8.09. The molecule has 1 atom stereocenters. The number of aromatic nitrogens is 3. The van der Waals surface area contributed by atoms with Crippen molar-refractivity contribution in [3.8, 4) is 10.6 Å². The van der Waals surface area contributed by atoms with Gasteiger partial charge in [-0.25, -0.2) is 9.37 Å². The van der Waals surface area contributed by atoms with Crippen molar-refractivity contribution in [1.29, 1.82) is 0 Å². The van der Waals surface area contributed by atoms with Gasteiger partial charge in [0, 0.05) is 27.8 Å². The Labute approximate surface area is 199 Å². The third kappa shape index (κ3) is 4.12. The van der Waals surface area contributed by atoms with Gasteiger partial charge in [-0.3, -0.25) is 9.69 Å². The molecule has 0 radical (unpaired) electrons. The number of amides is 1. The number of pyridine rings is 1. The molecule has 2 aromatic carbocycles. The highest BCUT2D eigenvalue weighted by atomic mass is 32.1. The van der Waals surface area contributed by atoms with Crippen LogP contribution in [-0.4, -0.2) is 40.2 Å². The molecule has 168 valence electrons. The fraction of sp³-hybridized carbons (Fsp3) is 0.280. The van der Waals surface area contributed by atoms with Gasteiger partial charge in [-0.1, -0.05) is 35.6 Å². The van der Waals surface area contributed by atoms with Gasteiger partial charge < -0.3 is 5.32 Å². The van der Waals surface area contributed by atoms with Crippen LogP contribution in [0.25, 0.3) is 21.3 Å². The monoisotopic (exact) mass is 464 g/mol. The van der Waals surface area contributed by atoms with E-state index in [0.29, 0.717) is 17.9 Å². The lowest BCUT2D eigenvalue weighted by atomic mass is 10.0. The van der Waals surface area contributed by atoms with Crippen LogP contribution in [0.3, 0.4) is 0 Å². The van der Waals surface area contributed by atoms with E-state index in [1.807, 2.05) is 31.2 Å². The molecule has 0 saturated carbocycles. The summed E-state index contributed by atoms with van der Waals surface area (Å²) >= 11 is 0.880. The molecule has 6 nitrogen and oxygen atoms in total. The molecule has 1 aliphatic rings. The standard InChI is InChI=1S/C25H24FN5OS/c1-15-5-3-6-17-10-12-28-23(22(15)17)31(19-7-4-11-27-14-19)25(32)20-9-8-18(13-21(20)26)24-30-29-16(2)33-24/h3,5-6,8-10,12-13,19,27H,4,7,11,14H2,1-2H3/t19-/m1/s1/i2D3. The molecule has 5 rings (SSSR count). The van der Waals surface area contributed by atoms with E-state index < -0.39 is 18.6 Å². The highest BCUT2D eigenvalue weighted by molar-refractivity contribution is 7.14. The first-order chi connectivity index (χ1) is 17.2. The fourth-order valence-electron chi connectivity index (χ4n) is 4.35. The van der Waals surface area contributed by atoms with Crippen molar-refractivity contribution >= 4 is 33.8 Å². The van der Waals surface area contributed by atoms with Gasteiger partial charge in [-0.2, -0.15) is 0 Å². The lowest BCUT2D eigenvalue weighted by Gasteiger charge is -2.35. The predicted octanol–water partition coefficient (Wildman–Crippen LogP) is 4.91. The van der Waals surface area contributed by atoms with Crippen LogP contribution < -0.4 is 10.2 Å². The summed E-state index contributed by atoms with van der Waals surface area (Å²) in [6.45, 7) is 1.03. The van der Waals surface area contributed by atoms with Crippen molar-refractivity contribution in [3.05, 3.63) is 70.6 Å². The predicted molar refractivity (Wildman–Crippen MR) is 129 cm³/mol. The highest BCUT2D eigenvalue weighted by Gasteiger charge is 2.31. The van der Waals surface area contributed by atoms with Gasteiger partial charge in [0.1, 0.15) is 21.7 Å². The van der Waals surface area contributed by atoms with Crippen molar-refractivity contribution in [2.45, 2.75) is 32.7 Å². The fourth-order valence-corrected chi connectivity index (χ4v) is 4.94. The van der Waals surface area contributed by atoms with Crippen LogP contribution in [0, 0.1) is 19.6 Å². The zero-order valence-electron chi connectivity index (χ0n) is 21.0. The second kappa shape index (κ2) is 8.96. The SMILES string of the molecule is [2H]C([2H])([2H])c1nnc(-c2ccc(C(=O)N(c3nccc4cccc(C)c34)[C@@H]3CCCNC3)c(F)c2)s1. The van der Waals surface area contributed by atoms with Crippen LogP contribution >= 0.6 is 11.3 Å². The lowest BCUT2D eigenvalue weighted by Crippen LogP contribution is -2.49. The number of nitrogens with zero attached hydrogens (tertiary/aromatic N) is 4. The first-order valence-corrected chi connectivity index (χ1v) is 11.6. The van der Waals surface area contributed by atoms with Crippen LogP contribution in [0.1, 0.15) is 37.9 Å². The Morgan fingerprint density at radius 3 is 2.94 bits per heavy atom. The van der Waals surface area contributed by atoms with E-state index >= 15 is 4.39 Å². The van der Waals surface area contributed by atoms with Crippen molar-refractivity contribution in [2.75, 3.05) is 18.0 Å². The molecule has 33 heavy (non-hydrogen) atoms. The maximum absolute atomic E-state index is 15.4. The van der Waals surface area contributed by atoms with Crippen LogP contribution in [0.5, 0.6) is 0 Å². The quantitative estimate of drug-likeness (QED) is 0.465. The van der Waals surface area contributed by atoms with E-state index in [9.17, 15) is 4.79 Å². The summed E-state index contributed by atoms with van der Waals surface area (Å²) in [5.41, 5.74) is 1.26. The third-order valence-electron chi connectivity index (χ3n) is 5.93. The maximum atomic E-state index is 15.4. The molecule has 1 fully saturated rings. The molecule has 0 aliphatic carbocycles. The molecule has 1 aliphatic heterocycles. The molecular formula is C25H24FN5OS. The molecule has 3 heterocycles. The summed E-state index contributed by atoms with van der Waals surface area (Å²) in [6, 6.07) is 11.8. The highest BCUT2D eigenvalue weighted by Crippen LogP contribution is 2.32. The van der Waals surface area contributed by atoms with E-state index in [1.165, 1.54) is 12.1 Å². The van der Waals surface area contributed by atoms with Gasteiger partial charge >= 0.3 is 0 Å². The van der Waals surface area contributed by atoms with Gasteiger partial charge in [-0.05, 0) is 62.3 Å². The minimum atomic E-state index is -2.39. The summed E-state index contributed by atoms with van der Waals surface area (Å²) < 4.78 is 37.9. The Morgan fingerprint density at radius 1 is 1.27 bits per heavy atom. The Hall–Kier alpha value is -3.23. The number of carbonyl (C=O) groups excluding carboxylic acids is 1. The third-order valence-corrected chi connectivity index (χ3v) is 6.72.